The maximum absolute atomic E-state index is 12.0. The van der Waals surface area contributed by atoms with Gasteiger partial charge in [-0.2, -0.15) is 0 Å². The van der Waals surface area contributed by atoms with Crippen LogP contribution in [0.15, 0.2) is 34.1 Å². The van der Waals surface area contributed by atoms with Gasteiger partial charge in [0.15, 0.2) is 0 Å². The Hall–Kier alpha value is -1.86. The Morgan fingerprint density at radius 1 is 1.40 bits per heavy atom. The van der Waals surface area contributed by atoms with Gasteiger partial charge in [-0.3, -0.25) is 10.1 Å². The second-order valence-corrected chi connectivity index (χ2v) is 6.49. The molecule has 2 N–H and O–H groups in total. The summed E-state index contributed by atoms with van der Waals surface area (Å²) in [5, 5.41) is 2.74. The molecule has 0 unspecified atom stereocenters. The van der Waals surface area contributed by atoms with Gasteiger partial charge >= 0.3 is 0 Å². The number of methoxy groups -OCH3 is 1. The molecular formula is C13H10BrN3O2S. The number of aromatic amines is 1. The van der Waals surface area contributed by atoms with Crippen LogP contribution >= 0.6 is 27.3 Å². The maximum Gasteiger partial charge on any atom is 0.268 e. The van der Waals surface area contributed by atoms with Gasteiger partial charge in [-0.05, 0) is 40.2 Å². The first-order valence-corrected chi connectivity index (χ1v) is 7.37. The van der Waals surface area contributed by atoms with Crippen molar-refractivity contribution in [3.05, 3.63) is 39.0 Å². The second kappa shape index (κ2) is 5.26. The Labute approximate surface area is 127 Å². The fourth-order valence-electron chi connectivity index (χ4n) is 1.78. The molecule has 5 nitrogen and oxygen atoms in total. The zero-order chi connectivity index (χ0) is 14.1. The number of carbonyl (C=O) groups is 1. The minimum absolute atomic E-state index is 0.188. The number of ether oxygens (including phenoxy) is 1. The molecule has 0 saturated heterocycles. The highest BCUT2D eigenvalue weighted by Gasteiger charge is 2.11. The number of carbonyl (C=O) groups excluding carboxylic acids is 1. The first-order chi connectivity index (χ1) is 9.65. The van der Waals surface area contributed by atoms with Crippen LogP contribution in [0.1, 0.15) is 9.67 Å². The third-order valence-electron chi connectivity index (χ3n) is 2.72. The number of H-pyrrole nitrogens is 1. The van der Waals surface area contributed by atoms with Crippen molar-refractivity contribution < 1.29 is 9.53 Å². The average Bonchev–Trinajstić information content (AvgIpc) is 3.03. The number of halogens is 1. The van der Waals surface area contributed by atoms with Crippen molar-refractivity contribution in [1.82, 2.24) is 9.97 Å². The van der Waals surface area contributed by atoms with E-state index in [-0.39, 0.29) is 5.91 Å². The highest BCUT2D eigenvalue weighted by atomic mass is 79.9. The predicted octanol–water partition coefficient (Wildman–Crippen LogP) is 3.65. The summed E-state index contributed by atoms with van der Waals surface area (Å²) in [6, 6.07) is 9.09. The van der Waals surface area contributed by atoms with Crippen molar-refractivity contribution in [3.8, 4) is 5.75 Å². The number of amides is 1. The Morgan fingerprint density at radius 2 is 2.25 bits per heavy atom. The van der Waals surface area contributed by atoms with Crippen LogP contribution in [0.25, 0.3) is 11.0 Å². The number of benzene rings is 1. The van der Waals surface area contributed by atoms with Crippen molar-refractivity contribution in [2.24, 2.45) is 0 Å². The summed E-state index contributed by atoms with van der Waals surface area (Å²) < 4.78 is 6.06. The van der Waals surface area contributed by atoms with Gasteiger partial charge in [-0.1, -0.05) is 0 Å². The van der Waals surface area contributed by atoms with E-state index in [1.54, 1.807) is 13.2 Å². The Bertz CT molecular complexity index is 781. The number of anilines is 1. The lowest BCUT2D eigenvalue weighted by molar-refractivity contribution is 0.103. The highest BCUT2D eigenvalue weighted by molar-refractivity contribution is 9.11. The molecule has 3 aromatic rings. The van der Waals surface area contributed by atoms with Crippen molar-refractivity contribution >= 4 is 50.2 Å². The summed E-state index contributed by atoms with van der Waals surface area (Å²) in [6.07, 6.45) is 0. The normalized spacial score (nSPS) is 10.7. The zero-order valence-electron chi connectivity index (χ0n) is 10.4. The lowest BCUT2D eigenvalue weighted by Crippen LogP contribution is -2.11. The Balaban J connectivity index is 1.85. The van der Waals surface area contributed by atoms with Gasteiger partial charge in [-0.25, -0.2) is 4.98 Å². The van der Waals surface area contributed by atoms with Crippen molar-refractivity contribution in [1.29, 1.82) is 0 Å². The zero-order valence-corrected chi connectivity index (χ0v) is 12.8. The number of thiophene rings is 1. The van der Waals surface area contributed by atoms with Crippen molar-refractivity contribution in [3.63, 3.8) is 0 Å². The van der Waals surface area contributed by atoms with Crippen LogP contribution in [0.4, 0.5) is 5.95 Å². The van der Waals surface area contributed by atoms with Gasteiger partial charge in [0.05, 0.1) is 26.8 Å². The number of hydrogen-bond acceptors (Lipinski definition) is 4. The standard InChI is InChI=1S/C13H10BrN3O2S/c1-19-7-2-3-8-9(6-7)16-13(15-8)17-12(18)10-4-5-11(14)20-10/h2-6H,1H3,(H2,15,16,17,18). The monoisotopic (exact) mass is 351 g/mol. The Morgan fingerprint density at radius 3 is 2.95 bits per heavy atom. The van der Waals surface area contributed by atoms with Crippen LogP contribution in [0.2, 0.25) is 0 Å². The SMILES string of the molecule is COc1ccc2nc(NC(=O)c3ccc(Br)s3)[nH]c2c1. The summed E-state index contributed by atoms with van der Waals surface area (Å²) in [5.41, 5.74) is 1.58. The topological polar surface area (TPSA) is 67.0 Å². The van der Waals surface area contributed by atoms with E-state index in [0.717, 1.165) is 20.6 Å². The molecule has 2 aromatic heterocycles. The molecule has 0 bridgehead atoms. The number of fused-ring (bicyclic) bond motifs is 1. The third kappa shape index (κ3) is 2.54. The summed E-state index contributed by atoms with van der Waals surface area (Å²) in [5.74, 6) is 0.968. The summed E-state index contributed by atoms with van der Waals surface area (Å²) in [6.45, 7) is 0. The van der Waals surface area contributed by atoms with E-state index in [1.807, 2.05) is 24.3 Å². The molecule has 0 aliphatic heterocycles. The molecule has 1 amide bonds. The van der Waals surface area contributed by atoms with Gasteiger partial charge in [0, 0.05) is 6.07 Å². The van der Waals surface area contributed by atoms with Crippen LogP contribution in [-0.4, -0.2) is 23.0 Å². The maximum atomic E-state index is 12.0. The van der Waals surface area contributed by atoms with E-state index in [1.165, 1.54) is 11.3 Å². The van der Waals surface area contributed by atoms with Gasteiger partial charge in [-0.15, -0.1) is 11.3 Å². The van der Waals surface area contributed by atoms with E-state index in [9.17, 15) is 4.79 Å². The largest absolute Gasteiger partial charge is 0.497 e. The number of imidazole rings is 1. The molecule has 2 heterocycles. The first-order valence-electron chi connectivity index (χ1n) is 5.76. The minimum Gasteiger partial charge on any atom is -0.497 e. The van der Waals surface area contributed by atoms with Gasteiger partial charge in [0.25, 0.3) is 5.91 Å². The third-order valence-corrected chi connectivity index (χ3v) is 4.34. The minimum atomic E-state index is -0.188. The molecule has 0 spiro atoms. The average molecular weight is 352 g/mol. The highest BCUT2D eigenvalue weighted by Crippen LogP contribution is 2.24. The van der Waals surface area contributed by atoms with Crippen molar-refractivity contribution in [2.75, 3.05) is 12.4 Å². The van der Waals surface area contributed by atoms with E-state index >= 15 is 0 Å². The fourth-order valence-corrected chi connectivity index (χ4v) is 3.06. The molecule has 7 heteroatoms. The molecule has 0 saturated carbocycles. The number of aromatic nitrogens is 2. The molecule has 3 rings (SSSR count). The molecule has 0 aliphatic carbocycles. The van der Waals surface area contributed by atoms with Crippen LogP contribution < -0.4 is 10.1 Å². The van der Waals surface area contributed by atoms with Gasteiger partial charge in [0.2, 0.25) is 5.95 Å². The summed E-state index contributed by atoms with van der Waals surface area (Å²) in [4.78, 5) is 20.0. The van der Waals surface area contributed by atoms with Gasteiger partial charge in [0.1, 0.15) is 5.75 Å². The molecule has 20 heavy (non-hydrogen) atoms. The molecule has 0 radical (unpaired) electrons. The van der Waals surface area contributed by atoms with E-state index in [2.05, 4.69) is 31.2 Å². The molecular weight excluding hydrogens is 342 g/mol. The number of rotatable bonds is 3. The van der Waals surface area contributed by atoms with Crippen LogP contribution in [-0.2, 0) is 0 Å². The number of nitrogens with zero attached hydrogens (tertiary/aromatic N) is 1. The van der Waals surface area contributed by atoms with Gasteiger partial charge < -0.3 is 9.72 Å². The quantitative estimate of drug-likeness (QED) is 0.756. The summed E-state index contributed by atoms with van der Waals surface area (Å²) >= 11 is 4.70. The van der Waals surface area contributed by atoms with Crippen LogP contribution in [0.3, 0.4) is 0 Å². The van der Waals surface area contributed by atoms with E-state index in [4.69, 9.17) is 4.74 Å². The fraction of sp³-hybridized carbons (Fsp3) is 0.0769. The smallest absolute Gasteiger partial charge is 0.268 e. The number of nitrogens with one attached hydrogen (secondary N) is 2. The molecule has 0 fully saturated rings. The molecule has 102 valence electrons. The summed E-state index contributed by atoms with van der Waals surface area (Å²) in [7, 11) is 1.61. The second-order valence-electron chi connectivity index (χ2n) is 4.03. The van der Waals surface area contributed by atoms with E-state index < -0.39 is 0 Å². The number of hydrogen-bond donors (Lipinski definition) is 2. The lowest BCUT2D eigenvalue weighted by Gasteiger charge is -1.97. The first kappa shape index (κ1) is 13.1. The van der Waals surface area contributed by atoms with Crippen LogP contribution in [0, 0.1) is 0 Å². The van der Waals surface area contributed by atoms with Crippen LogP contribution in [0.5, 0.6) is 5.75 Å². The lowest BCUT2D eigenvalue weighted by atomic mass is 10.3. The Kier molecular flexibility index (Phi) is 3.45. The predicted molar refractivity (Wildman–Crippen MR) is 82.6 cm³/mol. The van der Waals surface area contributed by atoms with E-state index in [0.29, 0.717) is 10.8 Å². The van der Waals surface area contributed by atoms with Crippen molar-refractivity contribution in [2.45, 2.75) is 0 Å². The molecule has 0 aliphatic rings. The molecule has 0 atom stereocenters. The molecule has 1 aromatic carbocycles.